The molecule has 3 aliphatic heterocycles. The fourth-order valence-corrected chi connectivity index (χ4v) is 8.58. The molecule has 0 fully saturated rings. The molecule has 55 heavy (non-hydrogen) atoms. The summed E-state index contributed by atoms with van der Waals surface area (Å²) in [6, 6.07) is 49.7. The number of rotatable bonds is 5. The average molecular weight is 706 g/mol. The molecule has 0 saturated heterocycles. The third-order valence-electron chi connectivity index (χ3n) is 11.3. The van der Waals surface area contributed by atoms with Crippen LogP contribution in [-0.2, 0) is 6.42 Å². The van der Waals surface area contributed by atoms with Crippen LogP contribution in [0.3, 0.4) is 0 Å². The molecule has 4 aliphatic rings. The first-order valence-corrected chi connectivity index (χ1v) is 19.0. The van der Waals surface area contributed by atoms with Gasteiger partial charge in [0.25, 0.3) is 0 Å². The van der Waals surface area contributed by atoms with Crippen LogP contribution in [0, 0.1) is 0 Å². The van der Waals surface area contributed by atoms with Crippen molar-refractivity contribution in [3.8, 4) is 45.0 Å². The minimum Gasteiger partial charge on any atom is -0.308 e. The van der Waals surface area contributed by atoms with Gasteiger partial charge < -0.3 is 4.90 Å². The van der Waals surface area contributed by atoms with Crippen LogP contribution in [0.2, 0.25) is 0 Å². The second-order valence-electron chi connectivity index (χ2n) is 14.5. The van der Waals surface area contributed by atoms with Gasteiger partial charge in [-0.1, -0.05) is 146 Å². The van der Waals surface area contributed by atoms with Crippen LogP contribution in [0.15, 0.2) is 180 Å². The summed E-state index contributed by atoms with van der Waals surface area (Å²) in [5.74, 6) is 1.68. The normalized spacial score (nSPS) is 17.6. The minimum atomic E-state index is -0.0927. The van der Waals surface area contributed by atoms with E-state index >= 15 is 0 Å². The molecule has 1 aliphatic carbocycles. The Labute approximate surface area is 320 Å². The van der Waals surface area contributed by atoms with Gasteiger partial charge >= 0.3 is 0 Å². The highest BCUT2D eigenvalue weighted by Crippen LogP contribution is 2.41. The van der Waals surface area contributed by atoms with Gasteiger partial charge in [-0.2, -0.15) is 0 Å². The Balaban J connectivity index is 0.987. The number of benzene rings is 6. The van der Waals surface area contributed by atoms with E-state index in [4.69, 9.17) is 20.0 Å². The fraction of sp³-hybridized carbons (Fsp3) is 0.0800. The summed E-state index contributed by atoms with van der Waals surface area (Å²) >= 11 is 0. The van der Waals surface area contributed by atoms with Gasteiger partial charge in [0.15, 0.2) is 12.0 Å². The highest BCUT2D eigenvalue weighted by Gasteiger charge is 2.40. The first-order valence-electron chi connectivity index (χ1n) is 19.0. The lowest BCUT2D eigenvalue weighted by atomic mass is 9.89. The van der Waals surface area contributed by atoms with Crippen molar-refractivity contribution in [3.63, 3.8) is 0 Å². The summed E-state index contributed by atoms with van der Waals surface area (Å²) in [6.45, 7) is 0. The van der Waals surface area contributed by atoms with Crippen molar-refractivity contribution < 1.29 is 0 Å². The Morgan fingerprint density at radius 2 is 1.31 bits per heavy atom. The van der Waals surface area contributed by atoms with Crippen molar-refractivity contribution in [1.29, 1.82) is 0 Å². The molecule has 0 bridgehead atoms. The molecule has 7 aromatic rings. The Morgan fingerprint density at radius 3 is 2.25 bits per heavy atom. The number of allylic oxidation sites excluding steroid dienone is 3. The van der Waals surface area contributed by atoms with Crippen molar-refractivity contribution in [1.82, 2.24) is 14.9 Å². The zero-order chi connectivity index (χ0) is 36.3. The van der Waals surface area contributed by atoms with Crippen molar-refractivity contribution in [2.75, 3.05) is 0 Å². The van der Waals surface area contributed by atoms with E-state index in [1.807, 2.05) is 6.08 Å². The van der Waals surface area contributed by atoms with Crippen molar-refractivity contribution in [2.45, 2.75) is 25.0 Å². The summed E-state index contributed by atoms with van der Waals surface area (Å²) in [5, 5.41) is 2.37. The number of aromatic nitrogens is 2. The zero-order valence-corrected chi connectivity index (χ0v) is 30.0. The van der Waals surface area contributed by atoms with Crippen LogP contribution in [0.5, 0.6) is 0 Å². The van der Waals surface area contributed by atoms with E-state index in [-0.39, 0.29) is 12.2 Å². The van der Waals surface area contributed by atoms with Gasteiger partial charge in [-0.3, -0.25) is 9.98 Å². The molecule has 5 heteroatoms. The zero-order valence-electron chi connectivity index (χ0n) is 30.0. The molecule has 0 spiro atoms. The van der Waals surface area contributed by atoms with E-state index in [1.165, 1.54) is 33.0 Å². The van der Waals surface area contributed by atoms with E-state index in [0.717, 1.165) is 69.2 Å². The Morgan fingerprint density at radius 1 is 0.564 bits per heavy atom. The summed E-state index contributed by atoms with van der Waals surface area (Å²) in [5.41, 5.74) is 14.4. The second kappa shape index (κ2) is 12.9. The maximum Gasteiger partial charge on any atom is 0.160 e. The van der Waals surface area contributed by atoms with Crippen LogP contribution in [0.4, 0.5) is 0 Å². The predicted octanol–water partition coefficient (Wildman–Crippen LogP) is 11.3. The van der Waals surface area contributed by atoms with E-state index in [9.17, 15) is 0 Å². The predicted molar refractivity (Wildman–Crippen MR) is 225 cm³/mol. The standard InChI is InChI=1S/C50H35N5/c1-3-18-38-33(12-1)14-10-22-40(38)44-31-45(41-23-11-15-34-13-2-4-19-39(34)41)52-49(51-44)37-17-9-16-36(30-37)32-25-27-35(28-26-32)47-42-20-5-6-21-43(42)48-50(54-47)55-29-8-7-24-46(55)53-48/h1-3,5-18,20-31,48,50H,4,19H2. The molecular weight excluding hydrogens is 671 g/mol. The Kier molecular flexibility index (Phi) is 7.37. The van der Waals surface area contributed by atoms with Crippen LogP contribution in [0.1, 0.15) is 40.3 Å². The number of nitrogens with zero attached hydrogens (tertiary/aromatic N) is 5. The molecule has 4 heterocycles. The Bertz CT molecular complexity index is 2830. The lowest BCUT2D eigenvalue weighted by molar-refractivity contribution is 0.393. The number of amidine groups is 1. The van der Waals surface area contributed by atoms with Crippen molar-refractivity contribution in [3.05, 3.63) is 198 Å². The van der Waals surface area contributed by atoms with Gasteiger partial charge in [0, 0.05) is 34.0 Å². The summed E-state index contributed by atoms with van der Waals surface area (Å²) < 4.78 is 0. The molecular formula is C50H35N5. The number of hydrogen-bond acceptors (Lipinski definition) is 5. The lowest BCUT2D eigenvalue weighted by Gasteiger charge is -2.30. The highest BCUT2D eigenvalue weighted by molar-refractivity contribution is 6.15. The number of aliphatic imine (C=N–C) groups is 2. The van der Waals surface area contributed by atoms with Gasteiger partial charge in [0.2, 0.25) is 0 Å². The van der Waals surface area contributed by atoms with E-state index < -0.39 is 0 Å². The Hall–Kier alpha value is -6.98. The number of fused-ring (bicyclic) bond motifs is 7. The van der Waals surface area contributed by atoms with Gasteiger partial charge in [-0.25, -0.2) is 9.97 Å². The lowest BCUT2D eigenvalue weighted by Crippen LogP contribution is -2.35. The molecule has 6 aromatic carbocycles. The summed E-state index contributed by atoms with van der Waals surface area (Å²) in [7, 11) is 0. The third-order valence-corrected chi connectivity index (χ3v) is 11.3. The SMILES string of the molecule is C1=CC2=NC3c4ccccc4C(c4ccc(-c5cccc(-c6nc(-c7cccc8c7CCC=C8)cc(-c7cccc8ccccc78)n6)c5)cc4)=NC3N2C=C1. The van der Waals surface area contributed by atoms with Gasteiger partial charge in [0.05, 0.1) is 17.1 Å². The first-order chi connectivity index (χ1) is 27.2. The largest absolute Gasteiger partial charge is 0.308 e. The molecule has 260 valence electrons. The summed E-state index contributed by atoms with van der Waals surface area (Å²) in [6.07, 6.45) is 14.7. The molecule has 11 rings (SSSR count). The van der Waals surface area contributed by atoms with Crippen LogP contribution in [0.25, 0.3) is 61.9 Å². The minimum absolute atomic E-state index is 0.0182. The summed E-state index contributed by atoms with van der Waals surface area (Å²) in [4.78, 5) is 23.2. The topological polar surface area (TPSA) is 53.7 Å². The van der Waals surface area contributed by atoms with E-state index in [2.05, 4.69) is 175 Å². The van der Waals surface area contributed by atoms with Gasteiger partial charge in [-0.15, -0.1) is 0 Å². The molecule has 5 nitrogen and oxygen atoms in total. The average Bonchev–Trinajstić information content (AvgIpc) is 3.64. The van der Waals surface area contributed by atoms with Gasteiger partial charge in [0.1, 0.15) is 11.9 Å². The van der Waals surface area contributed by atoms with Gasteiger partial charge in [-0.05, 0) is 75.7 Å². The van der Waals surface area contributed by atoms with Crippen molar-refractivity contribution in [2.24, 2.45) is 9.98 Å². The van der Waals surface area contributed by atoms with E-state index in [0.29, 0.717) is 5.82 Å². The maximum absolute atomic E-state index is 5.33. The molecule has 1 aromatic heterocycles. The number of hydrogen-bond donors (Lipinski definition) is 0. The van der Waals surface area contributed by atoms with Crippen LogP contribution >= 0.6 is 0 Å². The molecule has 2 atom stereocenters. The molecule has 0 radical (unpaired) electrons. The monoisotopic (exact) mass is 705 g/mol. The first kappa shape index (κ1) is 31.5. The molecule has 0 amide bonds. The van der Waals surface area contributed by atoms with E-state index in [1.54, 1.807) is 0 Å². The third kappa shape index (κ3) is 5.39. The molecule has 0 saturated carbocycles. The second-order valence-corrected chi connectivity index (χ2v) is 14.5. The van der Waals surface area contributed by atoms with Crippen molar-refractivity contribution >= 4 is 28.4 Å². The fourth-order valence-electron chi connectivity index (χ4n) is 8.58. The van der Waals surface area contributed by atoms with Crippen LogP contribution < -0.4 is 0 Å². The molecule has 2 unspecified atom stereocenters. The molecule has 0 N–H and O–H groups in total. The van der Waals surface area contributed by atoms with Crippen LogP contribution in [-0.4, -0.2) is 32.6 Å². The quantitative estimate of drug-likeness (QED) is 0.179. The highest BCUT2D eigenvalue weighted by atomic mass is 15.3. The smallest absolute Gasteiger partial charge is 0.160 e. The maximum atomic E-state index is 5.33.